The van der Waals surface area contributed by atoms with E-state index in [0.717, 1.165) is 21.1 Å². The molecule has 1 N–H and O–H groups in total. The first-order valence-electron chi connectivity index (χ1n) is 6.75. The van der Waals surface area contributed by atoms with Gasteiger partial charge in [-0.15, -0.1) is 11.3 Å². The van der Waals surface area contributed by atoms with Gasteiger partial charge in [-0.3, -0.25) is 0 Å². The standard InChI is InChI=1S/C16H16FNO2S/c1-8-12-6-11(17)4-5-14(12)20-16(8)13(19)7-15-18-9(2)10(3)21-15/h4-6,13,19H,7H2,1-3H3. The normalized spacial score (nSPS) is 13.0. The number of hydrogen-bond donors (Lipinski definition) is 1. The molecule has 0 aliphatic carbocycles. The van der Waals surface area contributed by atoms with Crippen LogP contribution in [0, 0.1) is 26.6 Å². The van der Waals surface area contributed by atoms with Gasteiger partial charge in [-0.25, -0.2) is 9.37 Å². The fraction of sp³-hybridized carbons (Fsp3) is 0.312. The molecule has 0 bridgehead atoms. The molecule has 3 nitrogen and oxygen atoms in total. The minimum atomic E-state index is -0.773. The highest BCUT2D eigenvalue weighted by molar-refractivity contribution is 7.11. The van der Waals surface area contributed by atoms with Crippen molar-refractivity contribution >= 4 is 22.3 Å². The maximum absolute atomic E-state index is 13.3. The van der Waals surface area contributed by atoms with Crippen LogP contribution in [-0.2, 0) is 6.42 Å². The Morgan fingerprint density at radius 1 is 1.33 bits per heavy atom. The molecule has 0 aliphatic rings. The third kappa shape index (κ3) is 2.59. The Hall–Kier alpha value is -1.72. The van der Waals surface area contributed by atoms with Gasteiger partial charge in [0.1, 0.15) is 23.3 Å². The SMILES string of the molecule is Cc1nc(CC(O)c2oc3ccc(F)cc3c2C)sc1C. The van der Waals surface area contributed by atoms with E-state index in [9.17, 15) is 9.50 Å². The van der Waals surface area contributed by atoms with Crippen molar-refractivity contribution in [2.45, 2.75) is 33.3 Å². The van der Waals surface area contributed by atoms with Crippen LogP contribution in [-0.4, -0.2) is 10.1 Å². The summed E-state index contributed by atoms with van der Waals surface area (Å²) in [4.78, 5) is 5.58. The van der Waals surface area contributed by atoms with Crippen LogP contribution in [0.25, 0.3) is 11.0 Å². The smallest absolute Gasteiger partial charge is 0.137 e. The minimum absolute atomic E-state index is 0.307. The van der Waals surface area contributed by atoms with Crippen molar-refractivity contribution in [1.29, 1.82) is 0 Å². The van der Waals surface area contributed by atoms with Gasteiger partial charge in [-0.2, -0.15) is 0 Å². The summed E-state index contributed by atoms with van der Waals surface area (Å²) in [6, 6.07) is 4.38. The third-order valence-corrected chi connectivity index (χ3v) is 4.77. The number of aromatic nitrogens is 1. The number of thiazole rings is 1. The van der Waals surface area contributed by atoms with Crippen molar-refractivity contribution in [1.82, 2.24) is 4.98 Å². The molecular weight excluding hydrogens is 289 g/mol. The van der Waals surface area contributed by atoms with Crippen LogP contribution in [0.1, 0.15) is 33.0 Å². The maximum atomic E-state index is 13.3. The fourth-order valence-corrected chi connectivity index (χ4v) is 3.39. The van der Waals surface area contributed by atoms with E-state index in [1.54, 1.807) is 17.4 Å². The molecule has 1 unspecified atom stereocenters. The number of aliphatic hydroxyl groups is 1. The van der Waals surface area contributed by atoms with Crippen molar-refractivity contribution in [3.63, 3.8) is 0 Å². The second-order valence-electron chi connectivity index (χ2n) is 5.20. The molecule has 0 saturated heterocycles. The second kappa shape index (κ2) is 5.24. The highest BCUT2D eigenvalue weighted by atomic mass is 32.1. The van der Waals surface area contributed by atoms with Gasteiger partial charge in [0.2, 0.25) is 0 Å². The van der Waals surface area contributed by atoms with Gasteiger partial charge in [-0.1, -0.05) is 0 Å². The number of halogens is 1. The highest BCUT2D eigenvalue weighted by Crippen LogP contribution is 2.32. The Kier molecular flexibility index (Phi) is 3.55. The Labute approximate surface area is 126 Å². The Bertz CT molecular complexity index is 787. The zero-order chi connectivity index (χ0) is 15.1. The average molecular weight is 305 g/mol. The summed E-state index contributed by atoms with van der Waals surface area (Å²) < 4.78 is 19.0. The number of fused-ring (bicyclic) bond motifs is 1. The van der Waals surface area contributed by atoms with Crippen LogP contribution in [0.2, 0.25) is 0 Å². The molecule has 1 aromatic carbocycles. The van der Waals surface area contributed by atoms with Gasteiger partial charge >= 0.3 is 0 Å². The van der Waals surface area contributed by atoms with Gasteiger partial charge in [-0.05, 0) is 39.0 Å². The van der Waals surface area contributed by atoms with Crippen molar-refractivity contribution in [3.8, 4) is 0 Å². The van der Waals surface area contributed by atoms with E-state index in [0.29, 0.717) is 23.2 Å². The summed E-state index contributed by atoms with van der Waals surface area (Å²) in [5.74, 6) is 0.180. The van der Waals surface area contributed by atoms with Crippen LogP contribution in [0.4, 0.5) is 4.39 Å². The van der Waals surface area contributed by atoms with Crippen molar-refractivity contribution in [2.24, 2.45) is 0 Å². The maximum Gasteiger partial charge on any atom is 0.137 e. The minimum Gasteiger partial charge on any atom is -0.458 e. The van der Waals surface area contributed by atoms with E-state index in [1.807, 2.05) is 20.8 Å². The predicted molar refractivity (Wildman–Crippen MR) is 81.2 cm³/mol. The highest BCUT2D eigenvalue weighted by Gasteiger charge is 2.20. The van der Waals surface area contributed by atoms with Crippen LogP contribution >= 0.6 is 11.3 Å². The quantitative estimate of drug-likeness (QED) is 0.787. The van der Waals surface area contributed by atoms with Crippen molar-refractivity contribution in [3.05, 3.63) is 50.9 Å². The molecular formula is C16H16FNO2S. The first-order valence-corrected chi connectivity index (χ1v) is 7.57. The summed E-state index contributed by atoms with van der Waals surface area (Å²) in [7, 11) is 0. The number of benzene rings is 1. The van der Waals surface area contributed by atoms with E-state index < -0.39 is 6.10 Å². The number of hydrogen-bond acceptors (Lipinski definition) is 4. The van der Waals surface area contributed by atoms with E-state index >= 15 is 0 Å². The van der Waals surface area contributed by atoms with E-state index in [4.69, 9.17) is 4.42 Å². The Morgan fingerprint density at radius 2 is 2.10 bits per heavy atom. The lowest BCUT2D eigenvalue weighted by Gasteiger charge is -2.06. The molecule has 3 aromatic rings. The molecule has 21 heavy (non-hydrogen) atoms. The summed E-state index contributed by atoms with van der Waals surface area (Å²) in [6.07, 6.45) is -0.368. The summed E-state index contributed by atoms with van der Waals surface area (Å²) in [5, 5.41) is 12.0. The predicted octanol–water partition coefficient (Wildman–Crippen LogP) is 4.23. The number of rotatable bonds is 3. The fourth-order valence-electron chi connectivity index (χ4n) is 2.41. The van der Waals surface area contributed by atoms with Crippen LogP contribution in [0.3, 0.4) is 0 Å². The largest absolute Gasteiger partial charge is 0.458 e. The van der Waals surface area contributed by atoms with Crippen molar-refractivity contribution in [2.75, 3.05) is 0 Å². The van der Waals surface area contributed by atoms with E-state index in [2.05, 4.69) is 4.98 Å². The molecule has 110 valence electrons. The molecule has 2 heterocycles. The molecule has 0 amide bonds. The summed E-state index contributed by atoms with van der Waals surface area (Å²) in [5.41, 5.74) is 2.36. The molecule has 2 aromatic heterocycles. The van der Waals surface area contributed by atoms with Crippen molar-refractivity contribution < 1.29 is 13.9 Å². The summed E-state index contributed by atoms with van der Waals surface area (Å²) >= 11 is 1.58. The zero-order valence-corrected chi connectivity index (χ0v) is 12.9. The van der Waals surface area contributed by atoms with Gasteiger partial charge in [0.05, 0.1) is 10.7 Å². The van der Waals surface area contributed by atoms with E-state index in [-0.39, 0.29) is 5.82 Å². The first kappa shape index (κ1) is 14.2. The summed E-state index contributed by atoms with van der Waals surface area (Å²) in [6.45, 7) is 5.80. The number of aliphatic hydroxyl groups excluding tert-OH is 1. The number of furan rings is 1. The van der Waals surface area contributed by atoms with Crippen LogP contribution < -0.4 is 0 Å². The second-order valence-corrected chi connectivity index (χ2v) is 6.49. The lowest BCUT2D eigenvalue weighted by atomic mass is 10.1. The molecule has 0 saturated carbocycles. The molecule has 0 radical (unpaired) electrons. The molecule has 0 spiro atoms. The molecule has 1 atom stereocenters. The van der Waals surface area contributed by atoms with Gasteiger partial charge in [0.25, 0.3) is 0 Å². The molecule has 5 heteroatoms. The first-order chi connectivity index (χ1) is 9.95. The van der Waals surface area contributed by atoms with Crippen LogP contribution in [0.5, 0.6) is 0 Å². The van der Waals surface area contributed by atoms with Crippen LogP contribution in [0.15, 0.2) is 22.6 Å². The number of aryl methyl sites for hydroxylation is 3. The average Bonchev–Trinajstić information content (AvgIpc) is 2.91. The molecule has 0 aliphatic heterocycles. The lowest BCUT2D eigenvalue weighted by Crippen LogP contribution is -2.01. The van der Waals surface area contributed by atoms with Gasteiger partial charge < -0.3 is 9.52 Å². The Balaban J connectivity index is 1.94. The third-order valence-electron chi connectivity index (χ3n) is 3.68. The molecule has 3 rings (SSSR count). The monoisotopic (exact) mass is 305 g/mol. The zero-order valence-electron chi connectivity index (χ0n) is 12.1. The van der Waals surface area contributed by atoms with E-state index in [1.165, 1.54) is 12.1 Å². The molecule has 0 fully saturated rings. The number of nitrogens with zero attached hydrogens (tertiary/aromatic N) is 1. The van der Waals surface area contributed by atoms with Gasteiger partial charge in [0.15, 0.2) is 0 Å². The lowest BCUT2D eigenvalue weighted by molar-refractivity contribution is 0.151. The Morgan fingerprint density at radius 3 is 2.76 bits per heavy atom. The topological polar surface area (TPSA) is 46.3 Å². The van der Waals surface area contributed by atoms with Gasteiger partial charge in [0, 0.05) is 22.2 Å².